The Labute approximate surface area is 221 Å². The largest absolute Gasteiger partial charge is 0.387 e. The zero-order chi connectivity index (χ0) is 26.8. The van der Waals surface area contributed by atoms with Crippen LogP contribution in [0.15, 0.2) is 24.4 Å². The second-order valence-corrected chi connectivity index (χ2v) is 10.7. The molecule has 3 aromatic rings. The molecule has 0 bridgehead atoms. The zero-order valence-corrected chi connectivity index (χ0v) is 22.1. The average molecular weight is 525 g/mol. The van der Waals surface area contributed by atoms with Crippen molar-refractivity contribution in [3.8, 4) is 0 Å². The van der Waals surface area contributed by atoms with Crippen molar-refractivity contribution >= 4 is 22.8 Å². The summed E-state index contributed by atoms with van der Waals surface area (Å²) in [7, 11) is 0. The van der Waals surface area contributed by atoms with E-state index in [1.54, 1.807) is 34.0 Å². The minimum atomic E-state index is -0.592. The molecule has 3 N–H and O–H groups in total. The van der Waals surface area contributed by atoms with Crippen molar-refractivity contribution in [3.05, 3.63) is 47.3 Å². The number of piperidine rings is 1. The van der Waals surface area contributed by atoms with Gasteiger partial charge in [-0.15, -0.1) is 0 Å². The SMILES string of the molecule is CCn1nccc1C(=O)N[C@H](c1nc2c(F)c(C3CCCCN3C(=O)CO)ccc2[nH]1)C1CCC(C)CC1. The molecular formula is C28H37FN6O3. The van der Waals surface area contributed by atoms with Gasteiger partial charge in [-0.3, -0.25) is 14.3 Å². The normalized spacial score (nSPS) is 22.9. The minimum Gasteiger partial charge on any atom is -0.387 e. The van der Waals surface area contributed by atoms with Crippen molar-refractivity contribution in [1.82, 2.24) is 30.0 Å². The summed E-state index contributed by atoms with van der Waals surface area (Å²) in [5, 5.41) is 16.8. The highest BCUT2D eigenvalue weighted by Gasteiger charge is 2.34. The van der Waals surface area contributed by atoms with Crippen molar-refractivity contribution in [3.63, 3.8) is 0 Å². The standard InChI is InChI=1S/C28H37FN6O3/c1-3-35-22(13-14-30-35)28(38)33-25(18-9-7-17(2)8-10-18)27-31-20-12-11-19(24(29)26(20)32-27)21-6-4-5-15-34(21)23(37)16-36/h11-14,17-18,21,25,36H,3-10,15-16H2,1-2H3,(H,31,32)(H,33,38)/t17?,18?,21?,25-/m0/s1. The number of amides is 2. The lowest BCUT2D eigenvalue weighted by Crippen LogP contribution is -2.40. The molecule has 1 saturated heterocycles. The number of nitrogens with one attached hydrogen (secondary N) is 2. The van der Waals surface area contributed by atoms with Crippen molar-refractivity contribution in [2.75, 3.05) is 13.2 Å². The number of imidazole rings is 1. The maximum Gasteiger partial charge on any atom is 0.270 e. The van der Waals surface area contributed by atoms with Gasteiger partial charge in [-0.1, -0.05) is 25.8 Å². The lowest BCUT2D eigenvalue weighted by atomic mass is 9.79. The number of hydrogen-bond donors (Lipinski definition) is 3. The molecule has 2 fully saturated rings. The number of aryl methyl sites for hydroxylation is 1. The molecule has 2 aromatic heterocycles. The Bertz CT molecular complexity index is 1290. The molecule has 0 spiro atoms. The predicted molar refractivity (Wildman–Crippen MR) is 141 cm³/mol. The first kappa shape index (κ1) is 26.3. The number of hydrogen-bond acceptors (Lipinski definition) is 5. The van der Waals surface area contributed by atoms with Gasteiger partial charge in [-0.25, -0.2) is 9.37 Å². The topological polar surface area (TPSA) is 116 Å². The van der Waals surface area contributed by atoms with E-state index >= 15 is 4.39 Å². The van der Waals surface area contributed by atoms with Gasteiger partial charge in [0.05, 0.1) is 17.6 Å². The van der Waals surface area contributed by atoms with Gasteiger partial charge in [0.25, 0.3) is 5.91 Å². The van der Waals surface area contributed by atoms with E-state index in [1.807, 2.05) is 6.92 Å². The van der Waals surface area contributed by atoms with Gasteiger partial charge in [0.2, 0.25) is 5.91 Å². The van der Waals surface area contributed by atoms with Crippen LogP contribution in [0.2, 0.25) is 0 Å². The number of H-pyrrole nitrogens is 1. The van der Waals surface area contributed by atoms with Crippen molar-refractivity contribution in [1.29, 1.82) is 0 Å². The van der Waals surface area contributed by atoms with E-state index in [1.165, 1.54) is 0 Å². The molecule has 2 amide bonds. The first-order chi connectivity index (χ1) is 18.4. The number of aromatic nitrogens is 4. The van der Waals surface area contributed by atoms with E-state index in [0.717, 1.165) is 38.5 Å². The number of aliphatic hydroxyl groups excluding tert-OH is 1. The summed E-state index contributed by atoms with van der Waals surface area (Å²) in [6.07, 6.45) is 7.99. The molecule has 2 atom stereocenters. The number of aromatic amines is 1. The summed E-state index contributed by atoms with van der Waals surface area (Å²) < 4.78 is 17.6. The fourth-order valence-electron chi connectivity index (χ4n) is 6.15. The number of likely N-dealkylation sites (tertiary alicyclic amines) is 1. The van der Waals surface area contributed by atoms with E-state index in [4.69, 9.17) is 4.98 Å². The molecule has 10 heteroatoms. The molecule has 204 valence electrons. The molecular weight excluding hydrogens is 487 g/mol. The molecule has 1 aliphatic carbocycles. The number of rotatable bonds is 7. The summed E-state index contributed by atoms with van der Waals surface area (Å²) in [6, 6.07) is 4.38. The lowest BCUT2D eigenvalue weighted by molar-refractivity contribution is -0.138. The van der Waals surface area contributed by atoms with Crippen molar-refractivity contribution in [2.24, 2.45) is 11.8 Å². The summed E-state index contributed by atoms with van der Waals surface area (Å²) in [5.74, 6) is 0.275. The number of nitrogens with zero attached hydrogens (tertiary/aromatic N) is 4. The molecule has 1 aromatic carbocycles. The maximum atomic E-state index is 16.0. The molecule has 1 unspecified atom stereocenters. The minimum absolute atomic E-state index is 0.173. The van der Waals surface area contributed by atoms with E-state index in [0.29, 0.717) is 48.0 Å². The monoisotopic (exact) mass is 524 g/mol. The molecule has 2 aliphatic rings. The van der Waals surface area contributed by atoms with Crippen molar-refractivity contribution < 1.29 is 19.1 Å². The second-order valence-electron chi connectivity index (χ2n) is 10.7. The van der Waals surface area contributed by atoms with Crippen molar-refractivity contribution in [2.45, 2.75) is 77.4 Å². The highest BCUT2D eigenvalue weighted by Crippen LogP contribution is 2.38. The number of aliphatic hydroxyl groups is 1. The van der Waals surface area contributed by atoms with E-state index in [9.17, 15) is 14.7 Å². The van der Waals surface area contributed by atoms with Gasteiger partial charge in [0.1, 0.15) is 23.6 Å². The molecule has 9 nitrogen and oxygen atoms in total. The second kappa shape index (κ2) is 11.2. The Hall–Kier alpha value is -3.27. The molecule has 38 heavy (non-hydrogen) atoms. The fraction of sp³-hybridized carbons (Fsp3) is 0.571. The Morgan fingerprint density at radius 1 is 1.18 bits per heavy atom. The quantitative estimate of drug-likeness (QED) is 0.427. The third-order valence-corrected chi connectivity index (χ3v) is 8.32. The molecule has 0 radical (unpaired) electrons. The number of carbonyl (C=O) groups excluding carboxylic acids is 2. The van der Waals surface area contributed by atoms with E-state index in [-0.39, 0.29) is 17.3 Å². The summed E-state index contributed by atoms with van der Waals surface area (Å²) in [4.78, 5) is 35.2. The smallest absolute Gasteiger partial charge is 0.270 e. The molecule has 1 aliphatic heterocycles. The van der Waals surface area contributed by atoms with Crippen LogP contribution >= 0.6 is 0 Å². The molecule has 5 rings (SSSR count). The number of halogens is 1. The third-order valence-electron chi connectivity index (χ3n) is 8.32. The highest BCUT2D eigenvalue weighted by molar-refractivity contribution is 5.92. The predicted octanol–water partition coefficient (Wildman–Crippen LogP) is 4.26. The van der Waals surface area contributed by atoms with Crippen LogP contribution in [0.4, 0.5) is 4.39 Å². The summed E-state index contributed by atoms with van der Waals surface area (Å²) in [6.45, 7) is 4.67. The Balaban J connectivity index is 1.49. The summed E-state index contributed by atoms with van der Waals surface area (Å²) in [5.41, 5.74) is 1.66. The third kappa shape index (κ3) is 5.06. The van der Waals surface area contributed by atoms with Gasteiger partial charge >= 0.3 is 0 Å². The van der Waals surface area contributed by atoms with Crippen LogP contribution in [0.5, 0.6) is 0 Å². The Kier molecular flexibility index (Phi) is 7.78. The lowest BCUT2D eigenvalue weighted by Gasteiger charge is -2.35. The van der Waals surface area contributed by atoms with Crippen LogP contribution in [-0.2, 0) is 11.3 Å². The van der Waals surface area contributed by atoms with E-state index in [2.05, 4.69) is 22.3 Å². The van der Waals surface area contributed by atoms with Gasteiger partial charge < -0.3 is 20.3 Å². The Morgan fingerprint density at radius 3 is 2.71 bits per heavy atom. The first-order valence-corrected chi connectivity index (χ1v) is 13.8. The van der Waals surface area contributed by atoms with Crippen LogP contribution < -0.4 is 5.32 Å². The van der Waals surface area contributed by atoms with Crippen LogP contribution in [0.1, 0.15) is 92.8 Å². The average Bonchev–Trinajstić information content (AvgIpc) is 3.60. The van der Waals surface area contributed by atoms with Crippen LogP contribution in [0, 0.1) is 17.7 Å². The molecule has 1 saturated carbocycles. The van der Waals surface area contributed by atoms with E-state index < -0.39 is 30.4 Å². The van der Waals surface area contributed by atoms with Crippen LogP contribution in [0.25, 0.3) is 11.0 Å². The van der Waals surface area contributed by atoms with Crippen LogP contribution in [-0.4, -0.2) is 54.7 Å². The van der Waals surface area contributed by atoms with Gasteiger partial charge in [0, 0.05) is 24.8 Å². The first-order valence-electron chi connectivity index (χ1n) is 13.8. The number of fused-ring (bicyclic) bond motifs is 1. The number of carbonyl (C=O) groups is 2. The molecule has 3 heterocycles. The van der Waals surface area contributed by atoms with Crippen LogP contribution in [0.3, 0.4) is 0 Å². The Morgan fingerprint density at radius 2 is 1.97 bits per heavy atom. The fourth-order valence-corrected chi connectivity index (χ4v) is 6.15. The van der Waals surface area contributed by atoms with Gasteiger partial charge in [-0.2, -0.15) is 5.10 Å². The number of benzene rings is 1. The zero-order valence-electron chi connectivity index (χ0n) is 22.1. The maximum absolute atomic E-state index is 16.0. The van der Waals surface area contributed by atoms with Gasteiger partial charge in [0.15, 0.2) is 5.82 Å². The van der Waals surface area contributed by atoms with Gasteiger partial charge in [-0.05, 0) is 63.0 Å². The highest BCUT2D eigenvalue weighted by atomic mass is 19.1. The summed E-state index contributed by atoms with van der Waals surface area (Å²) >= 11 is 0.